The Bertz CT molecular complexity index is 365. The van der Waals surface area contributed by atoms with Gasteiger partial charge in [-0.2, -0.15) is 0 Å². The molecule has 1 rings (SSSR count). The van der Waals surface area contributed by atoms with E-state index in [0.29, 0.717) is 5.75 Å². The van der Waals surface area contributed by atoms with Crippen LogP contribution in [0.3, 0.4) is 0 Å². The van der Waals surface area contributed by atoms with Gasteiger partial charge in [-0.25, -0.2) is 4.79 Å². The second-order valence-electron chi connectivity index (χ2n) is 3.72. The van der Waals surface area contributed by atoms with Gasteiger partial charge in [-0.15, -0.1) is 0 Å². The topological polar surface area (TPSA) is 35.5 Å². The molecule has 1 aromatic carbocycles. The fourth-order valence-corrected chi connectivity index (χ4v) is 1.84. The first kappa shape index (κ1) is 14.3. The average molecular weight is 348 g/mol. The van der Waals surface area contributed by atoms with Crippen LogP contribution in [0.4, 0.5) is 0 Å². The molecule has 4 heteroatoms. The molecule has 0 aliphatic carbocycles. The van der Waals surface area contributed by atoms with Gasteiger partial charge in [0.2, 0.25) is 0 Å². The Morgan fingerprint density at radius 1 is 1.47 bits per heavy atom. The fraction of sp³-hybridized carbons (Fsp3) is 0.462. The summed E-state index contributed by atoms with van der Waals surface area (Å²) in [5.41, 5.74) is 1.23. The molecule has 17 heavy (non-hydrogen) atoms. The summed E-state index contributed by atoms with van der Waals surface area (Å²) in [6.45, 7) is 1.68. The van der Waals surface area contributed by atoms with E-state index in [4.69, 9.17) is 4.74 Å². The van der Waals surface area contributed by atoms with Gasteiger partial charge in [-0.3, -0.25) is 0 Å². The minimum atomic E-state index is -0.570. The number of benzene rings is 1. The van der Waals surface area contributed by atoms with E-state index >= 15 is 0 Å². The van der Waals surface area contributed by atoms with Crippen LogP contribution in [0.2, 0.25) is 0 Å². The fourth-order valence-electron chi connectivity index (χ4n) is 1.46. The van der Waals surface area contributed by atoms with E-state index in [9.17, 15) is 4.79 Å². The number of rotatable bonds is 6. The Morgan fingerprint density at radius 2 is 2.24 bits per heavy atom. The van der Waals surface area contributed by atoms with E-state index in [-0.39, 0.29) is 5.97 Å². The molecule has 0 aliphatic heterocycles. The molecule has 0 N–H and O–H groups in total. The average Bonchev–Trinajstić information content (AvgIpc) is 2.35. The number of alkyl halides is 1. The molecular weight excluding hydrogens is 331 g/mol. The summed E-state index contributed by atoms with van der Waals surface area (Å²) >= 11 is 2.36. The molecule has 0 unspecified atom stereocenters. The number of aryl methyl sites for hydroxylation is 1. The number of carbonyl (C=O) groups is 1. The van der Waals surface area contributed by atoms with Gasteiger partial charge in [0.1, 0.15) is 5.75 Å². The van der Waals surface area contributed by atoms with Crippen molar-refractivity contribution in [1.82, 2.24) is 0 Å². The zero-order valence-electron chi connectivity index (χ0n) is 10.1. The third-order valence-corrected chi connectivity index (χ3v) is 3.11. The Morgan fingerprint density at radius 3 is 2.88 bits per heavy atom. The van der Waals surface area contributed by atoms with Crippen LogP contribution in [0.5, 0.6) is 5.75 Å². The van der Waals surface area contributed by atoms with Crippen LogP contribution in [0, 0.1) is 0 Å². The maximum Gasteiger partial charge on any atom is 0.346 e. The largest absolute Gasteiger partial charge is 0.479 e. The second-order valence-corrected chi connectivity index (χ2v) is 4.80. The Hall–Kier alpha value is -0.780. The lowest BCUT2D eigenvalue weighted by Crippen LogP contribution is -2.24. The minimum absolute atomic E-state index is 0.359. The molecule has 0 amide bonds. The normalized spacial score (nSPS) is 11.9. The standard InChI is InChI=1S/C13H17IO3/c1-10(13(15)16-2)17-12-7-3-5-11(9-12)6-4-8-14/h3,5,7,9-10H,4,6,8H2,1-2H3/t10-/m1/s1. The predicted octanol–water partition coefficient (Wildman–Crippen LogP) is 2.99. The van der Waals surface area contributed by atoms with Crippen LogP contribution >= 0.6 is 22.6 Å². The van der Waals surface area contributed by atoms with Crippen molar-refractivity contribution in [2.24, 2.45) is 0 Å². The molecule has 0 spiro atoms. The van der Waals surface area contributed by atoms with Crippen molar-refractivity contribution < 1.29 is 14.3 Å². The lowest BCUT2D eigenvalue weighted by Gasteiger charge is -2.13. The molecule has 0 fully saturated rings. The van der Waals surface area contributed by atoms with E-state index in [1.165, 1.54) is 12.7 Å². The molecule has 0 aromatic heterocycles. The summed E-state index contributed by atoms with van der Waals surface area (Å²) in [4.78, 5) is 11.2. The molecule has 3 nitrogen and oxygen atoms in total. The Balaban J connectivity index is 2.62. The SMILES string of the molecule is COC(=O)[C@@H](C)Oc1cccc(CCCI)c1. The van der Waals surface area contributed by atoms with Gasteiger partial charge >= 0.3 is 5.97 Å². The quantitative estimate of drug-likeness (QED) is 0.450. The number of esters is 1. The number of hydrogen-bond acceptors (Lipinski definition) is 3. The van der Waals surface area contributed by atoms with Gasteiger partial charge in [-0.1, -0.05) is 34.7 Å². The number of ether oxygens (including phenoxy) is 2. The third-order valence-electron chi connectivity index (χ3n) is 2.34. The maximum atomic E-state index is 11.2. The predicted molar refractivity (Wildman–Crippen MR) is 75.8 cm³/mol. The summed E-state index contributed by atoms with van der Waals surface area (Å²) in [7, 11) is 1.36. The van der Waals surface area contributed by atoms with E-state index < -0.39 is 6.10 Å². The van der Waals surface area contributed by atoms with Crippen LogP contribution in [0.1, 0.15) is 18.9 Å². The monoisotopic (exact) mass is 348 g/mol. The van der Waals surface area contributed by atoms with Gasteiger partial charge in [0.05, 0.1) is 7.11 Å². The summed E-state index contributed by atoms with van der Waals surface area (Å²) in [6, 6.07) is 7.85. The zero-order chi connectivity index (χ0) is 12.7. The lowest BCUT2D eigenvalue weighted by molar-refractivity contribution is -0.147. The summed E-state index contributed by atoms with van der Waals surface area (Å²) < 4.78 is 11.3. The highest BCUT2D eigenvalue weighted by molar-refractivity contribution is 14.1. The molecule has 1 atom stereocenters. The second kappa shape index (κ2) is 7.53. The minimum Gasteiger partial charge on any atom is -0.479 e. The van der Waals surface area contributed by atoms with E-state index in [1.807, 2.05) is 18.2 Å². The summed E-state index contributed by atoms with van der Waals surface area (Å²) in [6.07, 6.45) is 1.61. The molecule has 0 bridgehead atoms. The Labute approximate surface area is 116 Å². The molecule has 0 heterocycles. The molecule has 0 saturated carbocycles. The molecule has 0 aliphatic rings. The van der Waals surface area contributed by atoms with Crippen LogP contribution in [-0.2, 0) is 16.0 Å². The first-order valence-electron chi connectivity index (χ1n) is 5.56. The highest BCUT2D eigenvalue weighted by Gasteiger charge is 2.14. The highest BCUT2D eigenvalue weighted by atomic mass is 127. The number of carbonyl (C=O) groups excluding carboxylic acids is 1. The van der Waals surface area contributed by atoms with Crippen molar-refractivity contribution in [2.45, 2.75) is 25.9 Å². The van der Waals surface area contributed by atoms with Crippen molar-refractivity contribution in [3.05, 3.63) is 29.8 Å². The highest BCUT2D eigenvalue weighted by Crippen LogP contribution is 2.16. The van der Waals surface area contributed by atoms with Crippen molar-refractivity contribution in [1.29, 1.82) is 0 Å². The van der Waals surface area contributed by atoms with Gasteiger partial charge in [0.25, 0.3) is 0 Å². The van der Waals surface area contributed by atoms with Crippen LogP contribution in [-0.4, -0.2) is 23.6 Å². The smallest absolute Gasteiger partial charge is 0.346 e. The molecule has 94 valence electrons. The third kappa shape index (κ3) is 4.93. The van der Waals surface area contributed by atoms with Gasteiger partial charge in [-0.05, 0) is 41.9 Å². The number of halogens is 1. The molecular formula is C13H17IO3. The number of hydrogen-bond donors (Lipinski definition) is 0. The van der Waals surface area contributed by atoms with Crippen molar-refractivity contribution in [3.63, 3.8) is 0 Å². The molecule has 0 saturated heterocycles. The van der Waals surface area contributed by atoms with E-state index in [1.54, 1.807) is 6.92 Å². The van der Waals surface area contributed by atoms with Crippen LogP contribution < -0.4 is 4.74 Å². The Kier molecular flexibility index (Phi) is 6.32. The lowest BCUT2D eigenvalue weighted by atomic mass is 10.1. The van der Waals surface area contributed by atoms with Crippen LogP contribution in [0.15, 0.2) is 24.3 Å². The first-order chi connectivity index (χ1) is 8.17. The van der Waals surface area contributed by atoms with Crippen molar-refractivity contribution >= 4 is 28.6 Å². The first-order valence-corrected chi connectivity index (χ1v) is 7.09. The van der Waals surface area contributed by atoms with Gasteiger partial charge < -0.3 is 9.47 Å². The van der Waals surface area contributed by atoms with E-state index in [0.717, 1.165) is 17.3 Å². The summed E-state index contributed by atoms with van der Waals surface area (Å²) in [5.74, 6) is 0.358. The van der Waals surface area contributed by atoms with E-state index in [2.05, 4.69) is 33.4 Å². The van der Waals surface area contributed by atoms with Crippen molar-refractivity contribution in [3.8, 4) is 5.75 Å². The van der Waals surface area contributed by atoms with Crippen LogP contribution in [0.25, 0.3) is 0 Å². The van der Waals surface area contributed by atoms with Gasteiger partial charge in [0.15, 0.2) is 6.10 Å². The molecule has 1 aromatic rings. The van der Waals surface area contributed by atoms with Gasteiger partial charge in [0, 0.05) is 0 Å². The maximum absolute atomic E-state index is 11.2. The zero-order valence-corrected chi connectivity index (χ0v) is 12.3. The number of methoxy groups -OCH3 is 1. The molecule has 0 radical (unpaired) electrons. The summed E-state index contributed by atoms with van der Waals surface area (Å²) in [5, 5.41) is 0. The van der Waals surface area contributed by atoms with Crippen molar-refractivity contribution in [2.75, 3.05) is 11.5 Å².